The third-order valence-electron chi connectivity index (χ3n) is 7.17. The molecule has 0 spiro atoms. The third-order valence-corrected chi connectivity index (χ3v) is 7.17. The van der Waals surface area contributed by atoms with E-state index in [0.717, 1.165) is 37.8 Å². The summed E-state index contributed by atoms with van der Waals surface area (Å²) in [5.74, 6) is 0.822. The lowest BCUT2D eigenvalue weighted by atomic mass is 9.87. The summed E-state index contributed by atoms with van der Waals surface area (Å²) in [6.07, 6.45) is 13.0. The SMILES string of the molecule is CC1=CC2C(C(=O)NC[C@@H]3C[C@H]4CC[C@@H](C3)N4CC(=O)NC(C)(C)C)=CN(C)C2C=C1. The van der Waals surface area contributed by atoms with Gasteiger partial charge in [0, 0.05) is 48.9 Å². The van der Waals surface area contributed by atoms with Crippen molar-refractivity contribution in [1.29, 1.82) is 0 Å². The van der Waals surface area contributed by atoms with Crippen molar-refractivity contribution in [2.45, 2.75) is 77.0 Å². The van der Waals surface area contributed by atoms with E-state index in [1.54, 1.807) is 0 Å². The molecule has 0 aromatic heterocycles. The van der Waals surface area contributed by atoms with Gasteiger partial charge in [0.05, 0.1) is 12.6 Å². The second-order valence-electron chi connectivity index (χ2n) is 10.9. The van der Waals surface area contributed by atoms with E-state index in [1.165, 1.54) is 5.57 Å². The van der Waals surface area contributed by atoms with Gasteiger partial charge in [0.2, 0.25) is 11.8 Å². The Morgan fingerprint density at radius 1 is 1.16 bits per heavy atom. The van der Waals surface area contributed by atoms with Gasteiger partial charge in [-0.25, -0.2) is 0 Å². The van der Waals surface area contributed by atoms with Crippen molar-refractivity contribution in [3.63, 3.8) is 0 Å². The first-order valence-corrected chi connectivity index (χ1v) is 11.8. The normalized spacial score (nSPS) is 32.4. The molecule has 2 amide bonds. The number of nitrogens with zero attached hydrogens (tertiary/aromatic N) is 2. The Morgan fingerprint density at radius 3 is 2.48 bits per heavy atom. The van der Waals surface area contributed by atoms with E-state index in [4.69, 9.17) is 0 Å². The molecule has 6 nitrogen and oxygen atoms in total. The number of likely N-dealkylation sites (N-methyl/N-ethyl adjacent to an activating group) is 1. The summed E-state index contributed by atoms with van der Waals surface area (Å²) in [6, 6.07) is 1.17. The monoisotopic (exact) mass is 426 g/mol. The van der Waals surface area contributed by atoms with Crippen molar-refractivity contribution in [2.75, 3.05) is 20.1 Å². The molecule has 0 radical (unpaired) electrons. The Hall–Kier alpha value is -2.08. The van der Waals surface area contributed by atoms with Gasteiger partial charge in [-0.2, -0.15) is 0 Å². The maximum atomic E-state index is 13.0. The van der Waals surface area contributed by atoms with Crippen LogP contribution in [0.1, 0.15) is 53.4 Å². The molecular weight excluding hydrogens is 388 g/mol. The number of fused-ring (bicyclic) bond motifs is 3. The number of piperidine rings is 1. The van der Waals surface area contributed by atoms with E-state index in [2.05, 4.69) is 45.6 Å². The molecule has 2 fully saturated rings. The average molecular weight is 427 g/mol. The standard InChI is InChI=1S/C25H38N4O2/c1-16-6-9-22-20(10-16)21(14-28(22)5)24(31)26-13-17-11-18-7-8-19(12-17)29(18)15-23(30)27-25(2,3)4/h6,9-10,14,17-20,22H,7-8,11-13,15H2,1-5H3,(H,26,31)(H,27,30)/t17-,18-,19+,20?,22?. The lowest BCUT2D eigenvalue weighted by Crippen LogP contribution is -2.52. The fourth-order valence-corrected chi connectivity index (χ4v) is 5.85. The summed E-state index contributed by atoms with van der Waals surface area (Å²) >= 11 is 0. The maximum Gasteiger partial charge on any atom is 0.249 e. The molecule has 2 bridgehead atoms. The topological polar surface area (TPSA) is 64.7 Å². The fraction of sp³-hybridized carbons (Fsp3) is 0.680. The quantitative estimate of drug-likeness (QED) is 0.709. The van der Waals surface area contributed by atoms with Crippen LogP contribution in [0.4, 0.5) is 0 Å². The molecule has 0 aromatic carbocycles. The van der Waals surface area contributed by atoms with Crippen LogP contribution in [0.3, 0.4) is 0 Å². The molecular formula is C25H38N4O2. The second kappa shape index (κ2) is 8.45. The number of amides is 2. The Bertz CT molecular complexity index is 808. The second-order valence-corrected chi connectivity index (χ2v) is 10.9. The first-order chi connectivity index (χ1) is 14.6. The fourth-order valence-electron chi connectivity index (χ4n) is 5.85. The molecule has 4 rings (SSSR count). The molecule has 2 N–H and O–H groups in total. The first kappa shape index (κ1) is 22.1. The molecule has 3 heterocycles. The average Bonchev–Trinajstić information content (AvgIpc) is 3.10. The van der Waals surface area contributed by atoms with Crippen molar-refractivity contribution in [3.8, 4) is 0 Å². The van der Waals surface area contributed by atoms with Crippen molar-refractivity contribution >= 4 is 11.8 Å². The molecule has 170 valence electrons. The lowest BCUT2D eigenvalue weighted by molar-refractivity contribution is -0.125. The smallest absolute Gasteiger partial charge is 0.249 e. The number of hydrogen-bond acceptors (Lipinski definition) is 4. The van der Waals surface area contributed by atoms with Crippen LogP contribution < -0.4 is 10.6 Å². The van der Waals surface area contributed by atoms with Gasteiger partial charge >= 0.3 is 0 Å². The number of rotatable bonds is 5. The number of carbonyl (C=O) groups is 2. The summed E-state index contributed by atoms with van der Waals surface area (Å²) in [6.45, 7) is 9.38. The number of allylic oxidation sites excluding steroid dienone is 2. The summed E-state index contributed by atoms with van der Waals surface area (Å²) in [4.78, 5) is 30.0. The maximum absolute atomic E-state index is 13.0. The minimum Gasteiger partial charge on any atom is -0.373 e. The van der Waals surface area contributed by atoms with Crippen molar-refractivity contribution < 1.29 is 9.59 Å². The molecule has 0 saturated carbocycles. The Labute approximate surface area is 186 Å². The Kier molecular flexibility index (Phi) is 6.03. The highest BCUT2D eigenvalue weighted by Gasteiger charge is 2.42. The van der Waals surface area contributed by atoms with Crippen LogP contribution in [0.15, 0.2) is 35.6 Å². The number of nitrogens with one attached hydrogen (secondary N) is 2. The largest absolute Gasteiger partial charge is 0.373 e. The molecule has 2 saturated heterocycles. The van der Waals surface area contributed by atoms with Crippen LogP contribution in [0.25, 0.3) is 0 Å². The molecule has 2 unspecified atom stereocenters. The highest BCUT2D eigenvalue weighted by molar-refractivity contribution is 5.95. The highest BCUT2D eigenvalue weighted by Crippen LogP contribution is 2.38. The molecule has 4 aliphatic rings. The summed E-state index contributed by atoms with van der Waals surface area (Å²) < 4.78 is 0. The number of carbonyl (C=O) groups excluding carboxylic acids is 2. The van der Waals surface area contributed by atoms with Crippen LogP contribution in [-0.2, 0) is 9.59 Å². The van der Waals surface area contributed by atoms with Gasteiger partial charge in [-0.3, -0.25) is 14.5 Å². The van der Waals surface area contributed by atoms with E-state index in [9.17, 15) is 9.59 Å². The van der Waals surface area contributed by atoms with Gasteiger partial charge in [0.25, 0.3) is 0 Å². The zero-order valence-corrected chi connectivity index (χ0v) is 19.6. The van der Waals surface area contributed by atoms with Crippen LogP contribution in [0.5, 0.6) is 0 Å². The van der Waals surface area contributed by atoms with E-state index in [1.807, 2.05) is 34.0 Å². The molecule has 6 heteroatoms. The van der Waals surface area contributed by atoms with Crippen LogP contribution in [-0.4, -0.2) is 65.4 Å². The highest BCUT2D eigenvalue weighted by atomic mass is 16.2. The third kappa shape index (κ3) is 4.89. The Balaban J connectivity index is 1.29. The summed E-state index contributed by atoms with van der Waals surface area (Å²) in [5, 5.41) is 6.32. The van der Waals surface area contributed by atoms with Gasteiger partial charge in [-0.1, -0.05) is 23.8 Å². The van der Waals surface area contributed by atoms with Crippen LogP contribution in [0.2, 0.25) is 0 Å². The predicted molar refractivity (Wildman–Crippen MR) is 123 cm³/mol. The number of hydrogen-bond donors (Lipinski definition) is 2. The molecule has 3 aliphatic heterocycles. The van der Waals surface area contributed by atoms with Crippen molar-refractivity contribution in [2.24, 2.45) is 11.8 Å². The van der Waals surface area contributed by atoms with Gasteiger partial charge in [-0.05, 0) is 59.3 Å². The molecule has 31 heavy (non-hydrogen) atoms. The first-order valence-electron chi connectivity index (χ1n) is 11.8. The van der Waals surface area contributed by atoms with Gasteiger partial charge in [0.1, 0.15) is 0 Å². The van der Waals surface area contributed by atoms with Crippen molar-refractivity contribution in [1.82, 2.24) is 20.4 Å². The molecule has 0 aromatic rings. The van der Waals surface area contributed by atoms with E-state index in [0.29, 0.717) is 24.5 Å². The molecule has 1 aliphatic carbocycles. The van der Waals surface area contributed by atoms with Crippen molar-refractivity contribution in [3.05, 3.63) is 35.6 Å². The zero-order chi connectivity index (χ0) is 22.3. The molecule has 5 atom stereocenters. The van der Waals surface area contributed by atoms with E-state index in [-0.39, 0.29) is 29.3 Å². The minimum atomic E-state index is -0.192. The van der Waals surface area contributed by atoms with Crippen LogP contribution in [0, 0.1) is 11.8 Å². The van der Waals surface area contributed by atoms with E-state index >= 15 is 0 Å². The Morgan fingerprint density at radius 2 is 1.84 bits per heavy atom. The van der Waals surface area contributed by atoms with Gasteiger partial charge < -0.3 is 15.5 Å². The predicted octanol–water partition coefficient (Wildman–Crippen LogP) is 2.59. The minimum absolute atomic E-state index is 0.0676. The van der Waals surface area contributed by atoms with E-state index < -0.39 is 0 Å². The van der Waals surface area contributed by atoms with Gasteiger partial charge in [-0.15, -0.1) is 0 Å². The summed E-state index contributed by atoms with van der Waals surface area (Å²) in [5.41, 5.74) is 1.90. The lowest BCUT2D eigenvalue weighted by Gasteiger charge is -2.39. The summed E-state index contributed by atoms with van der Waals surface area (Å²) in [7, 11) is 2.04. The van der Waals surface area contributed by atoms with Gasteiger partial charge in [0.15, 0.2) is 0 Å². The van der Waals surface area contributed by atoms with Crippen LogP contribution >= 0.6 is 0 Å². The zero-order valence-electron chi connectivity index (χ0n) is 19.6.